The van der Waals surface area contributed by atoms with Gasteiger partial charge in [0.25, 0.3) is 0 Å². The van der Waals surface area contributed by atoms with Crippen LogP contribution in [-0.2, 0) is 0 Å². The number of para-hydroxylation sites is 2. The number of aromatic nitrogens is 2. The Hall–Kier alpha value is -1.96. The zero-order valence-corrected chi connectivity index (χ0v) is 16.6. The van der Waals surface area contributed by atoms with Gasteiger partial charge in [-0.05, 0) is 56.1 Å². The minimum atomic E-state index is 0.544. The Balaban J connectivity index is 1.88. The van der Waals surface area contributed by atoms with Crippen LogP contribution in [0.3, 0.4) is 0 Å². The van der Waals surface area contributed by atoms with E-state index in [2.05, 4.69) is 40.6 Å². The van der Waals surface area contributed by atoms with Crippen molar-refractivity contribution in [3.63, 3.8) is 0 Å². The van der Waals surface area contributed by atoms with Crippen molar-refractivity contribution < 1.29 is 9.47 Å². The third kappa shape index (κ3) is 3.27. The van der Waals surface area contributed by atoms with Gasteiger partial charge < -0.3 is 9.47 Å². The summed E-state index contributed by atoms with van der Waals surface area (Å²) in [5, 5.41) is 0. The molecule has 3 aromatic carbocycles. The van der Waals surface area contributed by atoms with Crippen molar-refractivity contribution in [3.8, 4) is 23.0 Å². The first kappa shape index (κ1) is 16.5. The summed E-state index contributed by atoms with van der Waals surface area (Å²) in [6.45, 7) is 0. The average molecular weight is 478 g/mol. The molecule has 0 aliphatic heterocycles. The summed E-state index contributed by atoms with van der Waals surface area (Å²) < 4.78 is 22.3. The highest BCUT2D eigenvalue weighted by atomic mass is 79.9. The summed E-state index contributed by atoms with van der Waals surface area (Å²) in [4.78, 5) is 0. The second-order valence-electron chi connectivity index (χ2n) is 5.08. The Labute approximate surface area is 165 Å². The Morgan fingerprint density at radius 3 is 1.44 bits per heavy atom. The molecule has 0 amide bonds. The summed E-state index contributed by atoms with van der Waals surface area (Å²) >= 11 is 8.33. The van der Waals surface area contributed by atoms with Crippen LogP contribution in [-0.4, -0.2) is 8.75 Å². The van der Waals surface area contributed by atoms with Gasteiger partial charge in [-0.25, -0.2) is 0 Å². The molecule has 4 rings (SSSR count). The molecule has 0 atom stereocenters. The van der Waals surface area contributed by atoms with E-state index in [1.807, 2.05) is 60.7 Å². The lowest BCUT2D eigenvalue weighted by Crippen LogP contribution is -1.94. The molecule has 0 radical (unpaired) electrons. The van der Waals surface area contributed by atoms with Crippen LogP contribution in [0, 0.1) is 0 Å². The molecule has 4 aromatic rings. The molecule has 0 spiro atoms. The van der Waals surface area contributed by atoms with Crippen molar-refractivity contribution in [1.29, 1.82) is 0 Å². The first-order valence-corrected chi connectivity index (χ1v) is 9.64. The van der Waals surface area contributed by atoms with Gasteiger partial charge in [-0.1, -0.05) is 36.4 Å². The fourth-order valence-electron chi connectivity index (χ4n) is 2.29. The third-order valence-electron chi connectivity index (χ3n) is 3.44. The molecule has 0 unspecified atom stereocenters. The maximum Gasteiger partial charge on any atom is 0.187 e. The fraction of sp³-hybridized carbons (Fsp3) is 0. The van der Waals surface area contributed by atoms with E-state index in [1.165, 1.54) is 0 Å². The first-order valence-electron chi connectivity index (χ1n) is 7.33. The highest BCUT2D eigenvalue weighted by Gasteiger charge is 2.23. The number of rotatable bonds is 4. The number of hydrogen-bond acceptors (Lipinski definition) is 5. The molecule has 1 aromatic heterocycles. The normalized spacial score (nSPS) is 10.8. The van der Waals surface area contributed by atoms with Crippen molar-refractivity contribution in [2.24, 2.45) is 0 Å². The maximum atomic E-state index is 6.11. The Morgan fingerprint density at radius 1 is 0.640 bits per heavy atom. The summed E-state index contributed by atoms with van der Waals surface area (Å²) in [6, 6.07) is 19.1. The van der Waals surface area contributed by atoms with Crippen LogP contribution in [0.5, 0.6) is 23.0 Å². The number of fused-ring (bicyclic) bond motifs is 1. The van der Waals surface area contributed by atoms with Gasteiger partial charge in [0.15, 0.2) is 11.5 Å². The quantitative estimate of drug-likeness (QED) is 0.324. The van der Waals surface area contributed by atoms with Crippen molar-refractivity contribution in [2.45, 2.75) is 0 Å². The lowest BCUT2D eigenvalue weighted by Gasteiger charge is -2.16. The monoisotopic (exact) mass is 476 g/mol. The van der Waals surface area contributed by atoms with E-state index in [0.717, 1.165) is 22.8 Å². The van der Waals surface area contributed by atoms with Crippen molar-refractivity contribution in [2.75, 3.05) is 0 Å². The van der Waals surface area contributed by atoms with Crippen LogP contribution in [0.2, 0.25) is 0 Å². The van der Waals surface area contributed by atoms with Crippen molar-refractivity contribution in [1.82, 2.24) is 8.75 Å². The molecule has 0 saturated heterocycles. The molecular formula is C18H10Br2N2O2S. The predicted molar refractivity (Wildman–Crippen MR) is 106 cm³/mol. The number of ether oxygens (including phenoxy) is 2. The van der Waals surface area contributed by atoms with E-state index in [-0.39, 0.29) is 0 Å². The minimum absolute atomic E-state index is 0.544. The SMILES string of the molecule is Brc1c(Oc2ccccc2)c(Oc2ccccc2)c(Br)c2nsnc12. The molecule has 0 aliphatic carbocycles. The standard InChI is InChI=1S/C18H10Br2N2O2S/c19-13-15-16(22-25-21-15)14(20)18(24-12-9-5-2-6-10-12)17(13)23-11-7-3-1-4-8-11/h1-10H. The van der Waals surface area contributed by atoms with E-state index in [9.17, 15) is 0 Å². The lowest BCUT2D eigenvalue weighted by atomic mass is 10.2. The van der Waals surface area contributed by atoms with Crippen molar-refractivity contribution >= 4 is 54.6 Å². The van der Waals surface area contributed by atoms with Crippen LogP contribution < -0.4 is 9.47 Å². The van der Waals surface area contributed by atoms with Gasteiger partial charge in [-0.3, -0.25) is 0 Å². The molecular weight excluding hydrogens is 468 g/mol. The second-order valence-corrected chi connectivity index (χ2v) is 7.19. The van der Waals surface area contributed by atoms with Gasteiger partial charge in [0.05, 0.1) is 20.7 Å². The second kappa shape index (κ2) is 7.11. The van der Waals surface area contributed by atoms with Crippen LogP contribution in [0.15, 0.2) is 69.6 Å². The average Bonchev–Trinajstić information content (AvgIpc) is 3.14. The van der Waals surface area contributed by atoms with E-state index in [1.54, 1.807) is 0 Å². The summed E-state index contributed by atoms with van der Waals surface area (Å²) in [5.74, 6) is 2.50. The molecule has 124 valence electrons. The Kier molecular flexibility index (Phi) is 4.70. The lowest BCUT2D eigenvalue weighted by molar-refractivity contribution is 0.416. The summed E-state index contributed by atoms with van der Waals surface area (Å²) in [6.07, 6.45) is 0. The zero-order valence-electron chi connectivity index (χ0n) is 12.6. The van der Waals surface area contributed by atoms with Crippen LogP contribution in [0.25, 0.3) is 11.0 Å². The molecule has 7 heteroatoms. The highest BCUT2D eigenvalue weighted by molar-refractivity contribution is 9.11. The summed E-state index contributed by atoms with van der Waals surface area (Å²) in [5.41, 5.74) is 1.45. The van der Waals surface area contributed by atoms with E-state index in [4.69, 9.17) is 9.47 Å². The highest BCUT2D eigenvalue weighted by Crippen LogP contribution is 2.49. The topological polar surface area (TPSA) is 44.2 Å². The molecule has 0 bridgehead atoms. The number of nitrogens with zero attached hydrogens (tertiary/aromatic N) is 2. The van der Waals surface area contributed by atoms with Crippen LogP contribution >= 0.6 is 43.6 Å². The zero-order chi connectivity index (χ0) is 17.2. The van der Waals surface area contributed by atoms with Gasteiger partial charge in [-0.15, -0.1) is 0 Å². The van der Waals surface area contributed by atoms with Gasteiger partial charge in [0.1, 0.15) is 22.5 Å². The van der Waals surface area contributed by atoms with Crippen LogP contribution in [0.4, 0.5) is 0 Å². The number of benzene rings is 3. The van der Waals surface area contributed by atoms with E-state index >= 15 is 0 Å². The maximum absolute atomic E-state index is 6.11. The first-order chi connectivity index (χ1) is 12.2. The fourth-order valence-corrected chi connectivity index (χ4v) is 4.16. The Bertz CT molecular complexity index is 942. The van der Waals surface area contributed by atoms with Gasteiger partial charge in [0.2, 0.25) is 0 Å². The molecule has 0 saturated carbocycles. The molecule has 0 N–H and O–H groups in total. The minimum Gasteiger partial charge on any atom is -0.452 e. The van der Waals surface area contributed by atoms with Crippen LogP contribution in [0.1, 0.15) is 0 Å². The Morgan fingerprint density at radius 2 is 1.04 bits per heavy atom. The molecule has 4 nitrogen and oxygen atoms in total. The third-order valence-corrected chi connectivity index (χ3v) is 5.44. The molecule has 1 heterocycles. The van der Waals surface area contributed by atoms with E-state index in [0.29, 0.717) is 31.9 Å². The van der Waals surface area contributed by atoms with Gasteiger partial charge in [0, 0.05) is 0 Å². The number of hydrogen-bond donors (Lipinski definition) is 0. The summed E-state index contributed by atoms with van der Waals surface area (Å²) in [7, 11) is 0. The smallest absolute Gasteiger partial charge is 0.187 e. The molecule has 0 aliphatic rings. The molecule has 0 fully saturated rings. The van der Waals surface area contributed by atoms with Crippen molar-refractivity contribution in [3.05, 3.63) is 69.6 Å². The number of halogens is 2. The molecule has 25 heavy (non-hydrogen) atoms. The predicted octanol–water partition coefficient (Wildman–Crippen LogP) is 6.80. The van der Waals surface area contributed by atoms with E-state index < -0.39 is 0 Å². The van der Waals surface area contributed by atoms with Gasteiger partial charge in [-0.2, -0.15) is 8.75 Å². The van der Waals surface area contributed by atoms with Gasteiger partial charge >= 0.3 is 0 Å². The largest absolute Gasteiger partial charge is 0.452 e.